The molecule has 3 saturated carbocycles. The van der Waals surface area contributed by atoms with Gasteiger partial charge < -0.3 is 0 Å². The summed E-state index contributed by atoms with van der Waals surface area (Å²) in [6, 6.07) is 0. The molecule has 0 nitrogen and oxygen atoms in total. The Hall–Kier alpha value is 0. The minimum Gasteiger partial charge on any atom is -0.0649 e. The van der Waals surface area contributed by atoms with Crippen molar-refractivity contribution in [2.75, 3.05) is 0 Å². The van der Waals surface area contributed by atoms with Crippen LogP contribution in [0.25, 0.3) is 0 Å². The smallest absolute Gasteiger partial charge is 0.0297 e. The van der Waals surface area contributed by atoms with Crippen molar-refractivity contribution in [3.05, 3.63) is 0 Å². The van der Waals surface area contributed by atoms with Crippen molar-refractivity contribution in [1.29, 1.82) is 0 Å². The maximum absolute atomic E-state index is 2.59. The van der Waals surface area contributed by atoms with Crippen LogP contribution in [0, 0.1) is 29.1 Å². The fourth-order valence-electron chi connectivity index (χ4n) is 4.39. The van der Waals surface area contributed by atoms with Crippen molar-refractivity contribution in [3.8, 4) is 0 Å². The van der Waals surface area contributed by atoms with Gasteiger partial charge in [-0.3, -0.25) is 0 Å². The summed E-state index contributed by atoms with van der Waals surface area (Å²) in [6.07, 6.45) is 13.8. The van der Waals surface area contributed by atoms with Crippen molar-refractivity contribution in [2.24, 2.45) is 29.1 Å². The molecule has 92 valence electrons. The van der Waals surface area contributed by atoms with Crippen LogP contribution >= 0.6 is 0 Å². The van der Waals surface area contributed by atoms with Crippen LogP contribution in [0.3, 0.4) is 0 Å². The Morgan fingerprint density at radius 1 is 0.938 bits per heavy atom. The lowest BCUT2D eigenvalue weighted by Crippen LogP contribution is -2.19. The number of hydrogen-bond donors (Lipinski definition) is 0. The number of rotatable bonds is 1. The summed E-state index contributed by atoms with van der Waals surface area (Å²) in [6.45, 7) is 5.02. The normalized spacial score (nSPS) is 52.1. The Balaban J connectivity index is 1.65. The zero-order valence-electron chi connectivity index (χ0n) is 11.2. The molecule has 0 heterocycles. The van der Waals surface area contributed by atoms with E-state index >= 15 is 0 Å². The minimum atomic E-state index is 0.710. The Morgan fingerprint density at radius 2 is 1.62 bits per heavy atom. The van der Waals surface area contributed by atoms with E-state index in [-0.39, 0.29) is 0 Å². The van der Waals surface area contributed by atoms with Gasteiger partial charge in [0.05, 0.1) is 0 Å². The summed E-state index contributed by atoms with van der Waals surface area (Å²) in [5.41, 5.74) is 0.710. The first-order valence-electron chi connectivity index (χ1n) is 7.73. The standard InChI is InChI=1S/C16H28/c1-3-16(2)9-8-13-10-12(13)6-4-5-7-14-11-15(14)16/h12-15H,3-11H2,1-2H3. The highest BCUT2D eigenvalue weighted by Gasteiger charge is 2.49. The lowest BCUT2D eigenvalue weighted by Gasteiger charge is -2.29. The number of fused-ring (bicyclic) bond motifs is 2. The predicted molar refractivity (Wildman–Crippen MR) is 69.3 cm³/mol. The van der Waals surface area contributed by atoms with Gasteiger partial charge in [-0.15, -0.1) is 0 Å². The molecule has 0 amide bonds. The molecule has 0 heteroatoms. The van der Waals surface area contributed by atoms with Gasteiger partial charge >= 0.3 is 0 Å². The molecule has 5 unspecified atom stereocenters. The zero-order valence-corrected chi connectivity index (χ0v) is 11.2. The lowest BCUT2D eigenvalue weighted by atomic mass is 9.76. The molecule has 3 fully saturated rings. The molecule has 3 aliphatic rings. The van der Waals surface area contributed by atoms with Crippen molar-refractivity contribution in [1.82, 2.24) is 0 Å². The molecule has 0 aromatic carbocycles. The summed E-state index contributed by atoms with van der Waals surface area (Å²) in [7, 11) is 0. The number of hydrogen-bond acceptors (Lipinski definition) is 0. The first-order valence-corrected chi connectivity index (χ1v) is 7.73. The molecular formula is C16H28. The molecule has 0 radical (unpaired) electrons. The van der Waals surface area contributed by atoms with E-state index in [1.807, 2.05) is 0 Å². The fourth-order valence-corrected chi connectivity index (χ4v) is 4.39. The monoisotopic (exact) mass is 220 g/mol. The third-order valence-corrected chi connectivity index (χ3v) is 6.18. The van der Waals surface area contributed by atoms with Gasteiger partial charge in [0, 0.05) is 0 Å². The van der Waals surface area contributed by atoms with E-state index in [0.29, 0.717) is 5.41 Å². The molecule has 0 aliphatic heterocycles. The van der Waals surface area contributed by atoms with Crippen LogP contribution in [0.5, 0.6) is 0 Å². The summed E-state index contributed by atoms with van der Waals surface area (Å²) in [4.78, 5) is 0. The molecule has 0 saturated heterocycles. The predicted octanol–water partition coefficient (Wildman–Crippen LogP) is 5.03. The van der Waals surface area contributed by atoms with E-state index in [1.165, 1.54) is 25.7 Å². The topological polar surface area (TPSA) is 0 Å². The van der Waals surface area contributed by atoms with E-state index in [1.54, 1.807) is 32.1 Å². The molecule has 0 spiro atoms. The Kier molecular flexibility index (Phi) is 2.80. The van der Waals surface area contributed by atoms with Crippen molar-refractivity contribution in [3.63, 3.8) is 0 Å². The van der Waals surface area contributed by atoms with Crippen LogP contribution < -0.4 is 0 Å². The van der Waals surface area contributed by atoms with Gasteiger partial charge in [0.1, 0.15) is 0 Å². The molecule has 5 atom stereocenters. The van der Waals surface area contributed by atoms with Crippen LogP contribution in [-0.2, 0) is 0 Å². The van der Waals surface area contributed by atoms with Gasteiger partial charge in [0.15, 0.2) is 0 Å². The maximum Gasteiger partial charge on any atom is -0.0297 e. The van der Waals surface area contributed by atoms with Crippen molar-refractivity contribution >= 4 is 0 Å². The molecular weight excluding hydrogens is 192 g/mol. The summed E-state index contributed by atoms with van der Waals surface area (Å²) >= 11 is 0. The largest absolute Gasteiger partial charge is 0.0649 e. The quantitative estimate of drug-likeness (QED) is 0.581. The van der Waals surface area contributed by atoms with E-state index in [0.717, 1.165) is 23.7 Å². The van der Waals surface area contributed by atoms with E-state index in [9.17, 15) is 0 Å². The summed E-state index contributed by atoms with van der Waals surface area (Å²) in [5.74, 6) is 4.52. The van der Waals surface area contributed by atoms with Crippen LogP contribution in [0.15, 0.2) is 0 Å². The second kappa shape index (κ2) is 4.03. The summed E-state index contributed by atoms with van der Waals surface area (Å²) < 4.78 is 0. The third-order valence-electron chi connectivity index (χ3n) is 6.18. The molecule has 0 N–H and O–H groups in total. The Bertz CT molecular complexity index is 257. The van der Waals surface area contributed by atoms with Gasteiger partial charge in [-0.25, -0.2) is 0 Å². The second-order valence-corrected chi connectivity index (χ2v) is 7.19. The summed E-state index contributed by atoms with van der Waals surface area (Å²) in [5, 5.41) is 0. The lowest BCUT2D eigenvalue weighted by molar-refractivity contribution is 0.212. The van der Waals surface area contributed by atoms with Crippen LogP contribution in [0.4, 0.5) is 0 Å². The van der Waals surface area contributed by atoms with Crippen molar-refractivity contribution in [2.45, 2.75) is 71.6 Å². The Morgan fingerprint density at radius 3 is 2.38 bits per heavy atom. The molecule has 0 bridgehead atoms. The van der Waals surface area contributed by atoms with E-state index in [2.05, 4.69) is 13.8 Å². The highest BCUT2D eigenvalue weighted by Crippen LogP contribution is 2.59. The first-order chi connectivity index (χ1) is 7.73. The Labute approximate surface area is 101 Å². The van der Waals surface area contributed by atoms with Gasteiger partial charge in [-0.05, 0) is 54.8 Å². The van der Waals surface area contributed by atoms with Crippen LogP contribution in [0.2, 0.25) is 0 Å². The second-order valence-electron chi connectivity index (χ2n) is 7.19. The van der Waals surface area contributed by atoms with Gasteiger partial charge in [0.2, 0.25) is 0 Å². The van der Waals surface area contributed by atoms with Gasteiger partial charge in [-0.2, -0.15) is 0 Å². The highest BCUT2D eigenvalue weighted by molar-refractivity contribution is 4.99. The first kappa shape index (κ1) is 11.1. The highest BCUT2D eigenvalue weighted by atomic mass is 14.5. The van der Waals surface area contributed by atoms with Crippen LogP contribution in [-0.4, -0.2) is 0 Å². The minimum absolute atomic E-state index is 0.710. The fraction of sp³-hybridized carbons (Fsp3) is 1.00. The van der Waals surface area contributed by atoms with E-state index in [4.69, 9.17) is 0 Å². The van der Waals surface area contributed by atoms with Gasteiger partial charge in [-0.1, -0.05) is 46.0 Å². The van der Waals surface area contributed by atoms with E-state index < -0.39 is 0 Å². The van der Waals surface area contributed by atoms with Crippen LogP contribution in [0.1, 0.15) is 71.6 Å². The molecule has 0 aromatic rings. The SMILES string of the molecule is CCC1(C)CCC2CC2CCCCC2CC21. The van der Waals surface area contributed by atoms with Crippen molar-refractivity contribution < 1.29 is 0 Å². The average Bonchev–Trinajstić information content (AvgIpc) is 3.15. The average molecular weight is 220 g/mol. The molecule has 3 aliphatic carbocycles. The molecule has 0 aromatic heterocycles. The van der Waals surface area contributed by atoms with Gasteiger partial charge in [0.25, 0.3) is 0 Å². The zero-order chi connectivity index (χ0) is 11.2. The molecule has 16 heavy (non-hydrogen) atoms. The maximum atomic E-state index is 2.59. The molecule has 3 rings (SSSR count). The third kappa shape index (κ3) is 2.05.